The minimum Gasteiger partial charge on any atom is -0.360 e. The Morgan fingerprint density at radius 3 is 2.30 bits per heavy atom. The molecule has 1 atom stereocenters. The predicted molar refractivity (Wildman–Crippen MR) is 141 cm³/mol. The molecule has 0 spiro atoms. The van der Waals surface area contributed by atoms with E-state index in [1.165, 1.54) is 44.2 Å². The summed E-state index contributed by atoms with van der Waals surface area (Å²) < 4.78 is 37.7. The maximum Gasteiger partial charge on any atom is 0.416 e. The molecule has 0 aliphatic heterocycles. The number of ketones is 1. The summed E-state index contributed by atoms with van der Waals surface area (Å²) in [7, 11) is 0. The fourth-order valence-electron chi connectivity index (χ4n) is 4.37. The predicted octanol–water partition coefficient (Wildman–Crippen LogP) is 7.05. The van der Waals surface area contributed by atoms with Crippen LogP contribution >= 0.6 is 0 Å². The van der Waals surface area contributed by atoms with Crippen molar-refractivity contribution in [3.8, 4) is 5.82 Å². The van der Waals surface area contributed by atoms with E-state index in [2.05, 4.69) is 20.6 Å². The molecule has 1 aliphatic carbocycles. The first-order valence-corrected chi connectivity index (χ1v) is 12.8. The highest BCUT2D eigenvalue weighted by molar-refractivity contribution is 5.84. The van der Waals surface area contributed by atoms with E-state index in [1.54, 1.807) is 13.8 Å². The summed E-state index contributed by atoms with van der Waals surface area (Å²) in [6.45, 7) is 6.17. The first kappa shape index (κ1) is 28.2. The molecule has 2 N–H and O–H groups in total. The van der Waals surface area contributed by atoms with E-state index in [0.29, 0.717) is 17.7 Å². The van der Waals surface area contributed by atoms with Gasteiger partial charge in [0.1, 0.15) is 11.6 Å². The van der Waals surface area contributed by atoms with Crippen LogP contribution in [-0.4, -0.2) is 32.9 Å². The fourth-order valence-corrected chi connectivity index (χ4v) is 4.37. The second-order valence-corrected chi connectivity index (χ2v) is 9.47. The van der Waals surface area contributed by atoms with E-state index < -0.39 is 11.7 Å². The number of halogens is 3. The fraction of sp³-hybridized carbons (Fsp3) is 0.464. The Balaban J connectivity index is 0.000000289. The molecule has 9 heteroatoms. The largest absolute Gasteiger partial charge is 0.416 e. The van der Waals surface area contributed by atoms with Crippen molar-refractivity contribution in [2.24, 2.45) is 5.92 Å². The topological polar surface area (TPSA) is 71.8 Å². The van der Waals surface area contributed by atoms with E-state index in [-0.39, 0.29) is 11.8 Å². The maximum absolute atomic E-state index is 12.2. The number of alkyl halides is 3. The number of hydrogen-bond donors (Lipinski definition) is 2. The van der Waals surface area contributed by atoms with Gasteiger partial charge in [0, 0.05) is 25.0 Å². The first-order chi connectivity index (χ1) is 17.7. The highest BCUT2D eigenvalue weighted by atomic mass is 19.4. The van der Waals surface area contributed by atoms with E-state index in [9.17, 15) is 18.0 Å². The van der Waals surface area contributed by atoms with Crippen LogP contribution in [0.4, 0.5) is 24.9 Å². The SMILES string of the molecule is CCNc1nc(N[C@H](CC2CCCCC2)C(C)=O)cc(-n2cccc2)n1.Cc1ccc(C(F)(F)F)cc1. The van der Waals surface area contributed by atoms with Crippen LogP contribution in [0.1, 0.15) is 63.5 Å². The van der Waals surface area contributed by atoms with Gasteiger partial charge in [-0.1, -0.05) is 49.8 Å². The zero-order valence-electron chi connectivity index (χ0n) is 21.7. The minimum absolute atomic E-state index is 0.168. The van der Waals surface area contributed by atoms with Crippen molar-refractivity contribution >= 4 is 17.5 Å². The number of carbonyl (C=O) groups is 1. The van der Waals surface area contributed by atoms with Crippen molar-refractivity contribution < 1.29 is 18.0 Å². The van der Waals surface area contributed by atoms with Crippen LogP contribution in [0.15, 0.2) is 54.9 Å². The number of carbonyl (C=O) groups excluding carboxylic acids is 1. The van der Waals surface area contributed by atoms with Crippen molar-refractivity contribution in [2.75, 3.05) is 17.2 Å². The number of rotatable bonds is 8. The molecule has 4 rings (SSSR count). The van der Waals surface area contributed by atoms with Gasteiger partial charge in [-0.15, -0.1) is 0 Å². The van der Waals surface area contributed by atoms with Gasteiger partial charge in [0.05, 0.1) is 11.6 Å². The van der Waals surface area contributed by atoms with Crippen molar-refractivity contribution in [3.05, 3.63) is 66.0 Å². The lowest BCUT2D eigenvalue weighted by Crippen LogP contribution is -2.31. The highest BCUT2D eigenvalue weighted by Gasteiger charge is 2.29. The second kappa shape index (κ2) is 13.3. The molecule has 3 aromatic rings. The molecule has 37 heavy (non-hydrogen) atoms. The lowest BCUT2D eigenvalue weighted by atomic mass is 9.84. The summed E-state index contributed by atoms with van der Waals surface area (Å²) in [5, 5.41) is 6.55. The van der Waals surface area contributed by atoms with Crippen LogP contribution in [-0.2, 0) is 11.0 Å². The van der Waals surface area contributed by atoms with E-state index >= 15 is 0 Å². The van der Waals surface area contributed by atoms with Gasteiger partial charge in [-0.25, -0.2) is 0 Å². The van der Waals surface area contributed by atoms with Gasteiger partial charge in [-0.05, 0) is 57.4 Å². The molecule has 0 bridgehead atoms. The van der Waals surface area contributed by atoms with Gasteiger partial charge in [-0.2, -0.15) is 23.1 Å². The number of nitrogens with one attached hydrogen (secondary N) is 2. The average Bonchev–Trinajstić information content (AvgIpc) is 3.40. The van der Waals surface area contributed by atoms with Gasteiger partial charge < -0.3 is 15.2 Å². The Bertz CT molecular complexity index is 1110. The number of anilines is 2. The zero-order chi connectivity index (χ0) is 26.8. The Labute approximate surface area is 216 Å². The monoisotopic (exact) mass is 515 g/mol. The molecule has 1 saturated carbocycles. The number of hydrogen-bond acceptors (Lipinski definition) is 5. The van der Waals surface area contributed by atoms with Crippen LogP contribution in [0.5, 0.6) is 0 Å². The summed E-state index contributed by atoms with van der Waals surface area (Å²) in [6.07, 6.45) is 6.92. The molecule has 1 aliphatic rings. The molecule has 200 valence electrons. The highest BCUT2D eigenvalue weighted by Crippen LogP contribution is 2.29. The molecular formula is C28H36F3N5O. The lowest BCUT2D eigenvalue weighted by molar-refractivity contribution is -0.137. The molecule has 1 fully saturated rings. The number of aryl methyl sites for hydroxylation is 1. The third kappa shape index (κ3) is 8.91. The van der Waals surface area contributed by atoms with E-state index in [0.717, 1.165) is 36.5 Å². The molecule has 6 nitrogen and oxygen atoms in total. The van der Waals surface area contributed by atoms with Gasteiger partial charge in [0.25, 0.3) is 0 Å². The minimum atomic E-state index is -4.21. The number of benzene rings is 1. The van der Waals surface area contributed by atoms with E-state index in [1.807, 2.05) is 42.1 Å². The molecule has 2 heterocycles. The summed E-state index contributed by atoms with van der Waals surface area (Å²) in [6, 6.07) is 10.7. The molecule has 0 saturated heterocycles. The standard InChI is InChI=1S/C20H29N5O.C8H7F3/c1-3-21-20-23-18(14-19(24-20)25-11-7-8-12-25)22-17(15(2)26)13-16-9-5-4-6-10-16;1-6-2-4-7(5-3-6)8(9,10)11/h7-8,11-12,14,16-17H,3-6,9-10,13H2,1-2H3,(H2,21,22,23,24);2-5H,1H3/t17-;/m1./s1. The van der Waals surface area contributed by atoms with Gasteiger partial charge >= 0.3 is 6.18 Å². The Hall–Kier alpha value is -3.36. The van der Waals surface area contributed by atoms with Crippen LogP contribution in [0.3, 0.4) is 0 Å². The third-order valence-corrected chi connectivity index (χ3v) is 6.40. The molecule has 0 radical (unpaired) electrons. The van der Waals surface area contributed by atoms with E-state index in [4.69, 9.17) is 0 Å². The molecular weight excluding hydrogens is 479 g/mol. The summed E-state index contributed by atoms with van der Waals surface area (Å²) in [5.74, 6) is 2.84. The summed E-state index contributed by atoms with van der Waals surface area (Å²) in [5.41, 5.74) is 0.237. The normalized spacial score (nSPS) is 14.9. The quantitative estimate of drug-likeness (QED) is 0.336. The summed E-state index contributed by atoms with van der Waals surface area (Å²) in [4.78, 5) is 21.3. The van der Waals surface area contributed by atoms with Crippen LogP contribution in [0.2, 0.25) is 0 Å². The molecule has 0 amide bonds. The number of nitrogens with zero attached hydrogens (tertiary/aromatic N) is 3. The van der Waals surface area contributed by atoms with Crippen LogP contribution in [0.25, 0.3) is 5.82 Å². The molecule has 2 aromatic heterocycles. The molecule has 0 unspecified atom stereocenters. The third-order valence-electron chi connectivity index (χ3n) is 6.40. The van der Waals surface area contributed by atoms with Gasteiger partial charge in [-0.3, -0.25) is 4.79 Å². The van der Waals surface area contributed by atoms with Crippen molar-refractivity contribution in [1.82, 2.24) is 14.5 Å². The second-order valence-electron chi connectivity index (χ2n) is 9.47. The molecule has 1 aromatic carbocycles. The van der Waals surface area contributed by atoms with Crippen LogP contribution < -0.4 is 10.6 Å². The van der Waals surface area contributed by atoms with Crippen molar-refractivity contribution in [2.45, 2.75) is 71.5 Å². The number of aromatic nitrogens is 3. The lowest BCUT2D eigenvalue weighted by Gasteiger charge is -2.26. The maximum atomic E-state index is 12.2. The van der Waals surface area contributed by atoms with Gasteiger partial charge in [0.2, 0.25) is 5.95 Å². The zero-order valence-corrected chi connectivity index (χ0v) is 21.7. The number of Topliss-reactive ketones (excluding diaryl/α,β-unsaturated/α-hetero) is 1. The Morgan fingerprint density at radius 2 is 1.73 bits per heavy atom. The average molecular weight is 516 g/mol. The van der Waals surface area contributed by atoms with Crippen molar-refractivity contribution in [3.63, 3.8) is 0 Å². The van der Waals surface area contributed by atoms with Crippen LogP contribution in [0, 0.1) is 12.8 Å². The Morgan fingerprint density at radius 1 is 1.08 bits per heavy atom. The first-order valence-electron chi connectivity index (χ1n) is 12.8. The van der Waals surface area contributed by atoms with Gasteiger partial charge in [0.15, 0.2) is 5.78 Å². The Kier molecular flexibility index (Phi) is 10.1. The smallest absolute Gasteiger partial charge is 0.360 e. The summed E-state index contributed by atoms with van der Waals surface area (Å²) >= 11 is 0. The van der Waals surface area contributed by atoms with Crippen molar-refractivity contribution in [1.29, 1.82) is 0 Å².